The van der Waals surface area contributed by atoms with Crippen molar-refractivity contribution < 1.29 is 9.53 Å². The molecule has 8 nitrogen and oxygen atoms in total. The molecule has 0 saturated carbocycles. The summed E-state index contributed by atoms with van der Waals surface area (Å²) in [6.07, 6.45) is 2.05. The molecule has 1 saturated heterocycles. The molecule has 2 N–H and O–H groups in total. The number of ether oxygens (including phenoxy) is 1. The number of methoxy groups -OCH3 is 1. The molecule has 1 fully saturated rings. The Morgan fingerprint density at radius 2 is 1.94 bits per heavy atom. The van der Waals surface area contributed by atoms with Gasteiger partial charge in [-0.3, -0.25) is 14.7 Å². The quantitative estimate of drug-likeness (QED) is 0.508. The number of nitrogens with zero attached hydrogens (tertiary/aromatic N) is 5. The largest absolute Gasteiger partial charge is 0.495 e. The van der Waals surface area contributed by atoms with Crippen LogP contribution >= 0.6 is 23.2 Å². The van der Waals surface area contributed by atoms with Gasteiger partial charge in [0.1, 0.15) is 11.4 Å². The van der Waals surface area contributed by atoms with Crippen LogP contribution in [-0.4, -0.2) is 59.2 Å². The maximum absolute atomic E-state index is 12.2. The fourth-order valence-electron chi connectivity index (χ4n) is 4.07. The van der Waals surface area contributed by atoms with Crippen molar-refractivity contribution in [3.63, 3.8) is 0 Å². The van der Waals surface area contributed by atoms with Crippen molar-refractivity contribution in [3.05, 3.63) is 58.0 Å². The number of pyridine rings is 1. The van der Waals surface area contributed by atoms with E-state index in [0.29, 0.717) is 41.1 Å². The van der Waals surface area contributed by atoms with E-state index in [4.69, 9.17) is 38.8 Å². The van der Waals surface area contributed by atoms with Crippen molar-refractivity contribution in [2.75, 3.05) is 38.2 Å². The van der Waals surface area contributed by atoms with E-state index in [2.05, 4.69) is 14.8 Å². The van der Waals surface area contributed by atoms with Gasteiger partial charge in [-0.15, -0.1) is 0 Å². The van der Waals surface area contributed by atoms with Crippen molar-refractivity contribution in [1.29, 1.82) is 0 Å². The van der Waals surface area contributed by atoms with Gasteiger partial charge in [-0.1, -0.05) is 23.2 Å². The summed E-state index contributed by atoms with van der Waals surface area (Å²) in [7, 11) is 1.60. The number of rotatable bonds is 7. The summed E-state index contributed by atoms with van der Waals surface area (Å²) >= 11 is 12.8. The lowest BCUT2D eigenvalue weighted by Crippen LogP contribution is -2.49. The molecule has 1 aliphatic heterocycles. The number of nitrogens with two attached hydrogens (primary N) is 1. The van der Waals surface area contributed by atoms with E-state index in [1.54, 1.807) is 18.0 Å². The van der Waals surface area contributed by atoms with Crippen LogP contribution in [0.5, 0.6) is 5.75 Å². The van der Waals surface area contributed by atoms with Crippen molar-refractivity contribution in [2.45, 2.75) is 19.6 Å². The van der Waals surface area contributed by atoms with Crippen molar-refractivity contribution in [2.24, 2.45) is 5.73 Å². The molecule has 4 rings (SSSR count). The van der Waals surface area contributed by atoms with Crippen molar-refractivity contribution in [1.82, 2.24) is 19.7 Å². The van der Waals surface area contributed by atoms with Gasteiger partial charge < -0.3 is 15.4 Å². The summed E-state index contributed by atoms with van der Waals surface area (Å²) < 4.78 is 7.04. The molecule has 3 heterocycles. The number of piperazine rings is 1. The van der Waals surface area contributed by atoms with Gasteiger partial charge >= 0.3 is 0 Å². The minimum Gasteiger partial charge on any atom is -0.495 e. The molecule has 10 heteroatoms. The van der Waals surface area contributed by atoms with Crippen LogP contribution in [0, 0.1) is 6.92 Å². The maximum Gasteiger partial charge on any atom is 0.160 e. The summed E-state index contributed by atoms with van der Waals surface area (Å²) in [5.41, 5.74) is 9.68. The highest BCUT2D eigenvalue weighted by Crippen LogP contribution is 2.33. The van der Waals surface area contributed by atoms with E-state index in [-0.39, 0.29) is 0 Å². The number of anilines is 1. The smallest absolute Gasteiger partial charge is 0.160 e. The fourth-order valence-corrected chi connectivity index (χ4v) is 4.49. The zero-order valence-electron chi connectivity index (χ0n) is 18.5. The van der Waals surface area contributed by atoms with Crippen LogP contribution in [0.25, 0.3) is 11.3 Å². The monoisotopic (exact) mass is 488 g/mol. The van der Waals surface area contributed by atoms with Gasteiger partial charge in [0.2, 0.25) is 0 Å². The summed E-state index contributed by atoms with van der Waals surface area (Å²) in [4.78, 5) is 20.8. The van der Waals surface area contributed by atoms with Gasteiger partial charge in [-0.25, -0.2) is 4.68 Å². The summed E-state index contributed by atoms with van der Waals surface area (Å²) in [5.74, 6) is 0.644. The molecule has 174 valence electrons. The molecule has 1 aliphatic rings. The molecule has 1 aromatic carbocycles. The van der Waals surface area contributed by atoms with Gasteiger partial charge in [-0.05, 0) is 31.2 Å². The third kappa shape index (κ3) is 4.70. The highest BCUT2D eigenvalue weighted by Gasteiger charge is 2.28. The van der Waals surface area contributed by atoms with E-state index in [1.807, 2.05) is 37.3 Å². The number of halogens is 2. The lowest BCUT2D eigenvalue weighted by Gasteiger charge is -2.38. The Morgan fingerprint density at radius 1 is 1.18 bits per heavy atom. The third-order valence-electron chi connectivity index (χ3n) is 5.94. The number of aromatic nitrogens is 3. The molecule has 0 aliphatic carbocycles. The second kappa shape index (κ2) is 10.1. The minimum absolute atomic E-state index is 0.325. The Hall–Kier alpha value is -2.65. The number of aldehydes is 1. The average molecular weight is 489 g/mol. The Balaban J connectivity index is 1.53. The highest BCUT2D eigenvalue weighted by atomic mass is 35.5. The number of benzene rings is 1. The van der Waals surface area contributed by atoms with Crippen LogP contribution in [0.1, 0.15) is 17.6 Å². The first-order valence-corrected chi connectivity index (χ1v) is 11.4. The Morgan fingerprint density at radius 3 is 2.61 bits per heavy atom. The molecule has 33 heavy (non-hydrogen) atoms. The molecule has 3 aromatic rings. The van der Waals surface area contributed by atoms with Crippen molar-refractivity contribution >= 4 is 35.2 Å². The molecule has 0 radical (unpaired) electrons. The first-order chi connectivity index (χ1) is 16.0. The van der Waals surface area contributed by atoms with Gasteiger partial charge in [-0.2, -0.15) is 5.10 Å². The van der Waals surface area contributed by atoms with E-state index in [0.717, 1.165) is 42.0 Å². The molecule has 0 bridgehead atoms. The second-order valence-electron chi connectivity index (χ2n) is 7.82. The lowest BCUT2D eigenvalue weighted by atomic mass is 10.1. The van der Waals surface area contributed by atoms with Gasteiger partial charge in [0.15, 0.2) is 12.5 Å². The second-order valence-corrected chi connectivity index (χ2v) is 8.61. The van der Waals surface area contributed by atoms with Gasteiger partial charge in [0.25, 0.3) is 0 Å². The maximum atomic E-state index is 12.2. The Bertz CT molecular complexity index is 1140. The Labute approximate surface area is 202 Å². The zero-order valence-corrected chi connectivity index (χ0v) is 20.1. The molecule has 0 amide bonds. The predicted molar refractivity (Wildman–Crippen MR) is 130 cm³/mol. The van der Waals surface area contributed by atoms with Crippen LogP contribution in [0.15, 0.2) is 36.5 Å². The molecular weight excluding hydrogens is 463 g/mol. The highest BCUT2D eigenvalue weighted by molar-refractivity contribution is 6.33. The standard InChI is InChI=1S/C23H26Cl2N6O2/c1-15-22(25)23(16-5-6-27-17(11-16)13-26)28-31(15)21(14-32)30-9-7-29(8-10-30)18-3-4-19(24)20(12-18)33-2/h3-6,11-12,14,21H,7-10,13,26H2,1-2H3. The molecular formula is C23H26Cl2N6O2. The summed E-state index contributed by atoms with van der Waals surface area (Å²) in [6.45, 7) is 5.07. The molecule has 2 aromatic heterocycles. The Kier molecular flexibility index (Phi) is 7.19. The van der Waals surface area contributed by atoms with Crippen molar-refractivity contribution in [3.8, 4) is 17.0 Å². The molecule has 1 atom stereocenters. The SMILES string of the molecule is COc1cc(N2CCN(C(C=O)n3nc(-c4ccnc(CN)c4)c(Cl)c3C)CC2)ccc1Cl. The van der Waals surface area contributed by atoms with Crippen LogP contribution in [-0.2, 0) is 11.3 Å². The fraction of sp³-hybridized carbons (Fsp3) is 0.348. The predicted octanol–water partition coefficient (Wildman–Crippen LogP) is 3.55. The molecule has 0 spiro atoms. The van der Waals surface area contributed by atoms with E-state index >= 15 is 0 Å². The third-order valence-corrected chi connectivity index (χ3v) is 6.70. The number of hydrogen-bond acceptors (Lipinski definition) is 7. The van der Waals surface area contributed by atoms with E-state index in [9.17, 15) is 4.79 Å². The first-order valence-electron chi connectivity index (χ1n) is 10.6. The number of carbonyl (C=O) groups is 1. The van der Waals surface area contributed by atoms with Gasteiger partial charge in [0.05, 0.1) is 28.5 Å². The van der Waals surface area contributed by atoms with Gasteiger partial charge in [0, 0.05) is 56.2 Å². The van der Waals surface area contributed by atoms with E-state index < -0.39 is 6.17 Å². The lowest BCUT2D eigenvalue weighted by molar-refractivity contribution is -0.116. The minimum atomic E-state index is -0.547. The van der Waals surface area contributed by atoms with Crippen LogP contribution in [0.4, 0.5) is 5.69 Å². The first kappa shape index (κ1) is 23.5. The average Bonchev–Trinajstić information content (AvgIpc) is 3.14. The van der Waals surface area contributed by atoms with Crippen LogP contribution in [0.3, 0.4) is 0 Å². The van der Waals surface area contributed by atoms with E-state index in [1.165, 1.54) is 0 Å². The zero-order chi connectivity index (χ0) is 23.5. The normalized spacial score (nSPS) is 15.5. The van der Waals surface area contributed by atoms with Crippen LogP contribution in [0.2, 0.25) is 10.0 Å². The summed E-state index contributed by atoms with van der Waals surface area (Å²) in [6, 6.07) is 9.45. The summed E-state index contributed by atoms with van der Waals surface area (Å²) in [5, 5.41) is 5.81. The topological polar surface area (TPSA) is 89.5 Å². The number of carbonyl (C=O) groups excluding carboxylic acids is 1. The molecule has 1 unspecified atom stereocenters. The van der Waals surface area contributed by atoms with Crippen LogP contribution < -0.4 is 15.4 Å². The number of hydrogen-bond donors (Lipinski definition) is 1.